The summed E-state index contributed by atoms with van der Waals surface area (Å²) in [5.74, 6) is 0. The number of rotatable bonds is 3. The molecule has 0 aliphatic carbocycles. The van der Waals surface area contributed by atoms with Crippen LogP contribution >= 0.6 is 15.9 Å². The van der Waals surface area contributed by atoms with Crippen LogP contribution in [-0.4, -0.2) is 42.8 Å². The van der Waals surface area contributed by atoms with Crippen molar-refractivity contribution in [2.24, 2.45) is 0 Å². The summed E-state index contributed by atoms with van der Waals surface area (Å²) >= 11 is 3.05. The molecule has 7 nitrogen and oxygen atoms in total. The number of nitrogens with one attached hydrogen (secondary N) is 1. The number of hydrogen-bond donors (Lipinski definition) is 1. The second-order valence-electron chi connectivity index (χ2n) is 4.97. The first-order chi connectivity index (χ1) is 9.75. The van der Waals surface area contributed by atoms with Crippen LogP contribution in [0.3, 0.4) is 0 Å². The molecule has 1 saturated heterocycles. The van der Waals surface area contributed by atoms with E-state index in [-0.39, 0.29) is 27.1 Å². The van der Waals surface area contributed by atoms with Gasteiger partial charge in [0, 0.05) is 31.2 Å². The SMILES string of the molecule is CC1NCCN(S(=O)(=O)c2ccc([N+](=O)[O-])c(Br)c2)C1C. The van der Waals surface area contributed by atoms with E-state index >= 15 is 0 Å². The molecule has 2 atom stereocenters. The minimum atomic E-state index is -3.67. The van der Waals surface area contributed by atoms with E-state index in [0.717, 1.165) is 0 Å². The molecule has 2 rings (SSSR count). The predicted molar refractivity (Wildman–Crippen MR) is 81.6 cm³/mol. The molecule has 0 bridgehead atoms. The highest BCUT2D eigenvalue weighted by Crippen LogP contribution is 2.29. The molecule has 116 valence electrons. The number of sulfonamides is 1. The van der Waals surface area contributed by atoms with E-state index in [0.29, 0.717) is 13.1 Å². The van der Waals surface area contributed by atoms with Crippen molar-refractivity contribution in [3.8, 4) is 0 Å². The zero-order valence-corrected chi connectivity index (χ0v) is 14.0. The van der Waals surface area contributed by atoms with Gasteiger partial charge in [0.05, 0.1) is 14.3 Å². The Hall–Kier alpha value is -1.03. The third kappa shape index (κ3) is 3.10. The third-order valence-electron chi connectivity index (χ3n) is 3.70. The lowest BCUT2D eigenvalue weighted by Gasteiger charge is -2.37. The smallest absolute Gasteiger partial charge is 0.283 e. The van der Waals surface area contributed by atoms with Crippen LogP contribution in [0.1, 0.15) is 13.8 Å². The van der Waals surface area contributed by atoms with Crippen molar-refractivity contribution in [1.82, 2.24) is 9.62 Å². The summed E-state index contributed by atoms with van der Waals surface area (Å²) in [5.41, 5.74) is -0.157. The van der Waals surface area contributed by atoms with Gasteiger partial charge in [0.2, 0.25) is 10.0 Å². The molecule has 1 heterocycles. The average Bonchev–Trinajstić information content (AvgIpc) is 2.41. The number of nitro benzene ring substituents is 1. The van der Waals surface area contributed by atoms with Crippen molar-refractivity contribution in [2.75, 3.05) is 13.1 Å². The van der Waals surface area contributed by atoms with Crippen LogP contribution in [0.15, 0.2) is 27.6 Å². The van der Waals surface area contributed by atoms with Gasteiger partial charge in [-0.2, -0.15) is 4.31 Å². The van der Waals surface area contributed by atoms with Crippen molar-refractivity contribution >= 4 is 31.6 Å². The number of nitrogens with zero attached hydrogens (tertiary/aromatic N) is 2. The average molecular weight is 378 g/mol. The van der Waals surface area contributed by atoms with E-state index < -0.39 is 14.9 Å². The van der Waals surface area contributed by atoms with E-state index in [1.54, 1.807) is 0 Å². The minimum Gasteiger partial charge on any atom is -0.311 e. The maximum Gasteiger partial charge on any atom is 0.283 e. The van der Waals surface area contributed by atoms with Crippen LogP contribution in [0.5, 0.6) is 0 Å². The normalized spacial score (nSPS) is 24.0. The first-order valence-electron chi connectivity index (χ1n) is 6.44. The summed E-state index contributed by atoms with van der Waals surface area (Å²) in [6.45, 7) is 4.73. The van der Waals surface area contributed by atoms with E-state index in [2.05, 4.69) is 21.2 Å². The summed E-state index contributed by atoms with van der Waals surface area (Å²) < 4.78 is 27.0. The Morgan fingerprint density at radius 2 is 2.10 bits per heavy atom. The van der Waals surface area contributed by atoms with Crippen molar-refractivity contribution in [3.63, 3.8) is 0 Å². The Kier molecular flexibility index (Phi) is 4.66. The van der Waals surface area contributed by atoms with Gasteiger partial charge in [-0.05, 0) is 41.9 Å². The molecule has 0 amide bonds. The Bertz CT molecular complexity index is 664. The maximum atomic E-state index is 12.7. The zero-order chi connectivity index (χ0) is 15.8. The van der Waals surface area contributed by atoms with Gasteiger partial charge in [0.1, 0.15) is 0 Å². The lowest BCUT2D eigenvalue weighted by atomic mass is 10.1. The second-order valence-corrected chi connectivity index (χ2v) is 7.71. The van der Waals surface area contributed by atoms with Gasteiger partial charge in [0.15, 0.2) is 0 Å². The molecule has 0 aromatic heterocycles. The fourth-order valence-electron chi connectivity index (χ4n) is 2.30. The summed E-state index contributed by atoms with van der Waals surface area (Å²) in [6, 6.07) is 3.63. The summed E-state index contributed by atoms with van der Waals surface area (Å²) in [4.78, 5) is 10.3. The number of piperazine rings is 1. The van der Waals surface area contributed by atoms with Crippen molar-refractivity contribution in [1.29, 1.82) is 0 Å². The Morgan fingerprint density at radius 3 is 2.67 bits per heavy atom. The fourth-order valence-corrected chi connectivity index (χ4v) is 4.70. The molecule has 1 aromatic rings. The molecule has 0 saturated carbocycles. The van der Waals surface area contributed by atoms with Crippen LogP contribution in [0.2, 0.25) is 0 Å². The predicted octanol–water partition coefficient (Wildman–Crippen LogP) is 1.73. The summed E-state index contributed by atoms with van der Waals surface area (Å²) in [5, 5.41) is 14.0. The monoisotopic (exact) mass is 377 g/mol. The number of hydrogen-bond acceptors (Lipinski definition) is 5. The molecular weight excluding hydrogens is 362 g/mol. The molecule has 0 radical (unpaired) electrons. The van der Waals surface area contributed by atoms with E-state index in [9.17, 15) is 18.5 Å². The molecule has 9 heteroatoms. The summed E-state index contributed by atoms with van der Waals surface area (Å²) in [7, 11) is -3.67. The van der Waals surface area contributed by atoms with Crippen LogP contribution in [0.25, 0.3) is 0 Å². The van der Waals surface area contributed by atoms with Gasteiger partial charge in [-0.15, -0.1) is 0 Å². The molecule has 1 fully saturated rings. The molecule has 1 aromatic carbocycles. The van der Waals surface area contributed by atoms with E-state index in [4.69, 9.17) is 0 Å². The highest BCUT2D eigenvalue weighted by Gasteiger charge is 2.34. The Labute approximate surface area is 131 Å². The van der Waals surface area contributed by atoms with Gasteiger partial charge in [0.25, 0.3) is 5.69 Å². The lowest BCUT2D eigenvalue weighted by molar-refractivity contribution is -0.385. The highest BCUT2D eigenvalue weighted by molar-refractivity contribution is 9.10. The van der Waals surface area contributed by atoms with Gasteiger partial charge in [-0.25, -0.2) is 8.42 Å². The van der Waals surface area contributed by atoms with Crippen LogP contribution in [0, 0.1) is 10.1 Å². The van der Waals surface area contributed by atoms with Crippen LogP contribution in [0.4, 0.5) is 5.69 Å². The lowest BCUT2D eigenvalue weighted by Crippen LogP contribution is -2.57. The zero-order valence-electron chi connectivity index (χ0n) is 11.6. The molecule has 21 heavy (non-hydrogen) atoms. The standard InChI is InChI=1S/C12H16BrN3O4S/c1-8-9(2)15(6-5-14-8)21(19,20)10-3-4-12(16(17)18)11(13)7-10/h3-4,7-9,14H,5-6H2,1-2H3. The molecule has 1 aliphatic heterocycles. The minimum absolute atomic E-state index is 0.0509. The Balaban J connectivity index is 2.40. The summed E-state index contributed by atoms with van der Waals surface area (Å²) in [6.07, 6.45) is 0. The first kappa shape index (κ1) is 16.3. The third-order valence-corrected chi connectivity index (χ3v) is 6.32. The van der Waals surface area contributed by atoms with Crippen molar-refractivity contribution < 1.29 is 13.3 Å². The molecule has 1 N–H and O–H groups in total. The van der Waals surface area contributed by atoms with E-state index in [1.807, 2.05) is 13.8 Å². The van der Waals surface area contributed by atoms with Crippen LogP contribution in [-0.2, 0) is 10.0 Å². The Morgan fingerprint density at radius 1 is 1.43 bits per heavy atom. The van der Waals surface area contributed by atoms with Crippen molar-refractivity contribution in [2.45, 2.75) is 30.8 Å². The van der Waals surface area contributed by atoms with Gasteiger partial charge in [-0.3, -0.25) is 10.1 Å². The second kappa shape index (κ2) is 5.99. The largest absolute Gasteiger partial charge is 0.311 e. The van der Waals surface area contributed by atoms with Crippen LogP contribution < -0.4 is 5.32 Å². The van der Waals surface area contributed by atoms with E-state index in [1.165, 1.54) is 22.5 Å². The number of nitro groups is 1. The van der Waals surface area contributed by atoms with Gasteiger partial charge in [-0.1, -0.05) is 0 Å². The fraction of sp³-hybridized carbons (Fsp3) is 0.500. The maximum absolute atomic E-state index is 12.7. The highest BCUT2D eigenvalue weighted by atomic mass is 79.9. The van der Waals surface area contributed by atoms with Crippen molar-refractivity contribution in [3.05, 3.63) is 32.8 Å². The number of benzene rings is 1. The topological polar surface area (TPSA) is 92.6 Å². The molecular formula is C12H16BrN3O4S. The molecule has 2 unspecified atom stereocenters. The van der Waals surface area contributed by atoms with Gasteiger partial charge >= 0.3 is 0 Å². The first-order valence-corrected chi connectivity index (χ1v) is 8.67. The number of halogens is 1. The quantitative estimate of drug-likeness (QED) is 0.639. The molecule has 1 aliphatic rings. The molecule has 0 spiro atoms. The van der Waals surface area contributed by atoms with Gasteiger partial charge < -0.3 is 5.32 Å².